The van der Waals surface area contributed by atoms with Crippen molar-refractivity contribution in [1.82, 2.24) is 35.3 Å². The molecule has 3 atom stereocenters. The van der Waals surface area contributed by atoms with E-state index in [1.165, 1.54) is 23.9 Å². The first-order chi connectivity index (χ1) is 35.3. The minimum absolute atomic E-state index is 0.0322. The first kappa shape index (κ1) is 55.8. The Balaban J connectivity index is 1.00. The number of carbonyl (C=O) groups excluding carboxylic acids is 7. The molecule has 22 heteroatoms. The first-order valence-electron chi connectivity index (χ1n) is 25.3. The van der Waals surface area contributed by atoms with Gasteiger partial charge in [0.1, 0.15) is 38.9 Å². The molecule has 74 heavy (non-hydrogen) atoms. The Morgan fingerprint density at radius 1 is 0.919 bits per heavy atom. The number of esters is 1. The molecule has 0 fully saturated rings. The number of nitrogens with one attached hydrogen (secondary N) is 4. The van der Waals surface area contributed by atoms with Crippen LogP contribution in [-0.2, 0) is 60.4 Å². The van der Waals surface area contributed by atoms with E-state index in [4.69, 9.17) is 24.9 Å². The second-order valence-electron chi connectivity index (χ2n) is 19.1. The Labute approximate surface area is 430 Å². The number of fused-ring (bicyclic) bond motifs is 5. The molecular formula is C52H68BN9O12. The zero-order valence-electron chi connectivity index (χ0n) is 43.3. The monoisotopic (exact) mass is 1020 g/mol. The van der Waals surface area contributed by atoms with E-state index in [0.717, 1.165) is 35.7 Å². The number of hydrogen-bond donors (Lipinski definition) is 6. The number of nitrogens with two attached hydrogens (primary N) is 1. The minimum Gasteiger partial charge on any atom is -0.458 e. The van der Waals surface area contributed by atoms with Gasteiger partial charge in [0, 0.05) is 62.4 Å². The number of likely N-dealkylation sites (N-methyl/N-ethyl adjacent to an activating group) is 2. The van der Waals surface area contributed by atoms with E-state index < -0.39 is 53.7 Å². The van der Waals surface area contributed by atoms with Gasteiger partial charge in [-0.05, 0) is 85.5 Å². The van der Waals surface area contributed by atoms with E-state index in [1.807, 2.05) is 6.92 Å². The molecule has 0 unspecified atom stereocenters. The average molecular weight is 1020 g/mol. The summed E-state index contributed by atoms with van der Waals surface area (Å²) in [5, 5.41) is 22.9. The van der Waals surface area contributed by atoms with E-state index in [2.05, 4.69) is 29.1 Å². The van der Waals surface area contributed by atoms with Crippen LogP contribution in [-0.4, -0.2) is 120 Å². The standard InChI is InChI=1S/C52H68BN9O12/c1-7-34-35-25-33(19-20-39(35)57-44-36(34)27-62-41(44)26-38-37(47(62)66)29-72-48(67)52(38,71)8-2)74-51(70)61(6)24-23-60(5)50(69)73-28-31-15-17-32(18-16-31)56-45(64)40(13-12-22-55-49(54)68)58-46(65)43(30(3)4)59-42(63)14-10-9-11-21-53/h15-20,25-26,30,40,43,71H,7-14,21-24,27-29,53H2,1-6H3,(H,56,64)(H,58,65)(H,59,63)(H3,54,55,68)/t40-,43-,52-/m0/s1. The van der Waals surface area contributed by atoms with Crippen molar-refractivity contribution < 1.29 is 52.9 Å². The number of unbranched alkanes of at least 4 members (excludes halogenated alkanes) is 2. The average Bonchev–Trinajstić information content (AvgIpc) is 3.75. The van der Waals surface area contributed by atoms with Crippen LogP contribution < -0.4 is 37.3 Å². The molecule has 0 spiro atoms. The normalized spacial score (nSPS) is 15.2. The number of urea groups is 1. The number of nitrogens with zero attached hydrogens (tertiary/aromatic N) is 4. The maximum atomic E-state index is 13.7. The van der Waals surface area contributed by atoms with Gasteiger partial charge >= 0.3 is 24.2 Å². The fourth-order valence-corrected chi connectivity index (χ4v) is 8.98. The third-order valence-electron chi connectivity index (χ3n) is 13.4. The molecule has 4 heterocycles. The van der Waals surface area contributed by atoms with Crippen molar-refractivity contribution in [3.05, 3.63) is 86.7 Å². The number of benzene rings is 2. The smallest absolute Gasteiger partial charge is 0.415 e. The summed E-state index contributed by atoms with van der Waals surface area (Å²) in [7, 11) is 5.15. The van der Waals surface area contributed by atoms with Crippen molar-refractivity contribution >= 4 is 66.3 Å². The quantitative estimate of drug-likeness (QED) is 0.0307. The zero-order valence-corrected chi connectivity index (χ0v) is 43.3. The molecule has 4 aromatic rings. The van der Waals surface area contributed by atoms with E-state index in [0.29, 0.717) is 53.8 Å². The molecule has 2 aromatic carbocycles. The van der Waals surface area contributed by atoms with E-state index >= 15 is 0 Å². The second kappa shape index (κ2) is 25.0. The number of pyridine rings is 2. The molecule has 6 rings (SSSR count). The molecule has 7 amide bonds. The highest BCUT2D eigenvalue weighted by Crippen LogP contribution is 2.41. The van der Waals surface area contributed by atoms with Gasteiger partial charge in [0.2, 0.25) is 17.7 Å². The number of carbonyl (C=O) groups is 7. The van der Waals surface area contributed by atoms with Crippen LogP contribution >= 0.6 is 0 Å². The zero-order chi connectivity index (χ0) is 53.9. The Kier molecular flexibility index (Phi) is 18.8. The molecule has 2 aliphatic heterocycles. The van der Waals surface area contributed by atoms with Crippen LogP contribution in [0.15, 0.2) is 53.3 Å². The van der Waals surface area contributed by atoms with Crippen LogP contribution in [0.1, 0.15) is 100 Å². The fourth-order valence-electron chi connectivity index (χ4n) is 8.98. The highest BCUT2D eigenvalue weighted by atomic mass is 16.6. The second-order valence-corrected chi connectivity index (χ2v) is 19.1. The van der Waals surface area contributed by atoms with Crippen LogP contribution in [0.4, 0.5) is 20.1 Å². The van der Waals surface area contributed by atoms with Crippen molar-refractivity contribution in [2.75, 3.05) is 39.0 Å². The number of aryl methyl sites for hydroxylation is 1. The number of amides is 7. The van der Waals surface area contributed by atoms with Crippen molar-refractivity contribution in [3.63, 3.8) is 0 Å². The van der Waals surface area contributed by atoms with Crippen molar-refractivity contribution in [1.29, 1.82) is 0 Å². The maximum absolute atomic E-state index is 13.7. The van der Waals surface area contributed by atoms with Crippen LogP contribution in [0, 0.1) is 5.92 Å². The molecule has 396 valence electrons. The van der Waals surface area contributed by atoms with E-state index in [1.54, 1.807) is 73.9 Å². The highest BCUT2D eigenvalue weighted by Gasteiger charge is 2.45. The summed E-state index contributed by atoms with van der Waals surface area (Å²) in [5.74, 6) is -2.05. The van der Waals surface area contributed by atoms with Crippen LogP contribution in [0.5, 0.6) is 5.75 Å². The number of aliphatic hydroxyl groups is 1. The number of rotatable bonds is 23. The van der Waals surface area contributed by atoms with Crippen molar-refractivity contribution in [3.8, 4) is 17.1 Å². The first-order valence-corrected chi connectivity index (χ1v) is 25.3. The Hall–Kier alpha value is -7.49. The molecule has 2 aromatic heterocycles. The number of cyclic esters (lactones) is 1. The Morgan fingerprint density at radius 2 is 1.64 bits per heavy atom. The largest absolute Gasteiger partial charge is 0.458 e. The van der Waals surface area contributed by atoms with Crippen LogP contribution in [0.25, 0.3) is 22.3 Å². The molecule has 7 N–H and O–H groups in total. The minimum atomic E-state index is -1.94. The van der Waals surface area contributed by atoms with Crippen LogP contribution in [0.2, 0.25) is 6.32 Å². The van der Waals surface area contributed by atoms with Gasteiger partial charge in [0.15, 0.2) is 5.60 Å². The molecule has 0 saturated carbocycles. The van der Waals surface area contributed by atoms with Crippen LogP contribution in [0.3, 0.4) is 0 Å². The highest BCUT2D eigenvalue weighted by molar-refractivity contribution is 6.08. The molecule has 0 saturated heterocycles. The van der Waals surface area contributed by atoms with Gasteiger partial charge in [0.05, 0.1) is 29.0 Å². The summed E-state index contributed by atoms with van der Waals surface area (Å²) in [6, 6.07) is 10.7. The summed E-state index contributed by atoms with van der Waals surface area (Å²) < 4.78 is 18.1. The number of aromatic nitrogens is 2. The van der Waals surface area contributed by atoms with Crippen molar-refractivity contribution in [2.24, 2.45) is 11.7 Å². The number of hydrogen-bond acceptors (Lipinski definition) is 13. The summed E-state index contributed by atoms with van der Waals surface area (Å²) in [4.78, 5) is 111. The lowest BCUT2D eigenvalue weighted by Crippen LogP contribution is -2.54. The third kappa shape index (κ3) is 13.2. The fraction of sp³-hybridized carbons (Fsp3) is 0.481. The van der Waals surface area contributed by atoms with Crippen molar-refractivity contribution in [2.45, 2.75) is 123 Å². The molecule has 0 bridgehead atoms. The molecule has 0 radical (unpaired) electrons. The lowest BCUT2D eigenvalue weighted by atomic mass is 9.86. The molecular weight excluding hydrogens is 953 g/mol. The third-order valence-corrected chi connectivity index (χ3v) is 13.4. The van der Waals surface area contributed by atoms with E-state index in [-0.39, 0.29) is 86.5 Å². The van der Waals surface area contributed by atoms with Gasteiger partial charge in [-0.2, -0.15) is 0 Å². The molecule has 0 aliphatic carbocycles. The summed E-state index contributed by atoms with van der Waals surface area (Å²) in [5.41, 5.74) is 7.79. The number of ether oxygens (including phenoxy) is 3. The maximum Gasteiger partial charge on any atom is 0.415 e. The van der Waals surface area contributed by atoms with E-state index in [9.17, 15) is 43.5 Å². The molecule has 2 aliphatic rings. The van der Waals surface area contributed by atoms with Gasteiger partial charge in [-0.1, -0.05) is 59.0 Å². The van der Waals surface area contributed by atoms with Gasteiger partial charge in [-0.15, -0.1) is 0 Å². The lowest BCUT2D eigenvalue weighted by molar-refractivity contribution is -0.172. The lowest BCUT2D eigenvalue weighted by Gasteiger charge is -2.31. The summed E-state index contributed by atoms with van der Waals surface area (Å²) >= 11 is 0. The Bertz CT molecular complexity index is 2820. The summed E-state index contributed by atoms with van der Waals surface area (Å²) in [6.07, 6.45) is 3.75. The van der Waals surface area contributed by atoms with Gasteiger partial charge in [-0.25, -0.2) is 24.2 Å². The van der Waals surface area contributed by atoms with Gasteiger partial charge < -0.3 is 60.7 Å². The SMILES string of the molecule is BCCCCCC(=O)N[C@H](C(=O)N[C@@H](CCCNC(N)=O)C(=O)Nc1ccc(COC(=O)N(C)CCN(C)C(=O)Oc2ccc3nc4c(c(CC)c3c2)Cn2c-4cc3c(c2=O)COC(=O)[C@]3(O)CC)cc1)C(C)C. The number of anilines is 1. The van der Waals surface area contributed by atoms with Gasteiger partial charge in [-0.3, -0.25) is 19.2 Å². The predicted octanol–water partition coefficient (Wildman–Crippen LogP) is 3.97. The predicted molar refractivity (Wildman–Crippen MR) is 278 cm³/mol. The number of primary amides is 1. The summed E-state index contributed by atoms with van der Waals surface area (Å²) in [6.45, 7) is 7.55. The molecule has 21 nitrogen and oxygen atoms in total. The Morgan fingerprint density at radius 3 is 2.30 bits per heavy atom. The van der Waals surface area contributed by atoms with Gasteiger partial charge in [0.25, 0.3) is 5.56 Å². The topological polar surface area (TPSA) is 283 Å².